The highest BCUT2D eigenvalue weighted by Crippen LogP contribution is 2.55. The maximum Gasteiger partial charge on any atom is 0.140 e. The molecule has 0 bridgehead atoms. The van der Waals surface area contributed by atoms with E-state index in [1.807, 2.05) is 11.3 Å². The molecule has 2 heteroatoms. The molecule has 0 amide bonds. The van der Waals surface area contributed by atoms with Crippen LogP contribution in [0, 0.1) is 5.41 Å². The van der Waals surface area contributed by atoms with E-state index in [2.05, 4.69) is 32.9 Å². The number of carbonyl (C=O) groups excluding carboxylic acids is 1. The zero-order chi connectivity index (χ0) is 11.8. The van der Waals surface area contributed by atoms with Gasteiger partial charge in [-0.15, -0.1) is 11.3 Å². The summed E-state index contributed by atoms with van der Waals surface area (Å²) in [6, 6.07) is 4.46. The second-order valence-electron chi connectivity index (χ2n) is 4.70. The van der Waals surface area contributed by atoms with Gasteiger partial charge >= 0.3 is 0 Å². The zero-order valence-corrected chi connectivity index (χ0v) is 11.2. The lowest BCUT2D eigenvalue weighted by molar-refractivity contribution is -0.141. The summed E-state index contributed by atoms with van der Waals surface area (Å²) in [4.78, 5) is 14.8. The highest BCUT2D eigenvalue weighted by Gasteiger charge is 2.52. The predicted octanol–water partition coefficient (Wildman–Crippen LogP) is 4.17. The average molecular weight is 236 g/mol. The Hall–Kier alpha value is -0.630. The Kier molecular flexibility index (Phi) is 3.20. The second-order valence-corrected chi connectivity index (χ2v) is 5.90. The number of Topliss-reactive ketones (excluding diaryl/α,β-unsaturated/α-hetero) is 1. The lowest BCUT2D eigenvalue weighted by atomic mass is 9.56. The summed E-state index contributed by atoms with van der Waals surface area (Å²) < 4.78 is 0. The first-order valence-electron chi connectivity index (χ1n) is 6.29. The van der Waals surface area contributed by atoms with Crippen molar-refractivity contribution in [2.24, 2.45) is 5.41 Å². The molecular weight excluding hydrogens is 216 g/mol. The van der Waals surface area contributed by atoms with Crippen molar-refractivity contribution in [1.82, 2.24) is 0 Å². The van der Waals surface area contributed by atoms with Gasteiger partial charge in [0, 0.05) is 27.5 Å². The largest absolute Gasteiger partial charge is 0.299 e. The highest BCUT2D eigenvalue weighted by atomic mass is 32.1. The zero-order valence-electron chi connectivity index (χ0n) is 10.4. The Morgan fingerprint density at radius 3 is 2.44 bits per heavy atom. The maximum atomic E-state index is 11.9. The molecule has 1 saturated carbocycles. The van der Waals surface area contributed by atoms with Gasteiger partial charge in [-0.05, 0) is 31.4 Å². The van der Waals surface area contributed by atoms with Gasteiger partial charge in [0.05, 0.1) is 0 Å². The molecule has 0 N–H and O–H groups in total. The minimum Gasteiger partial charge on any atom is -0.299 e. The van der Waals surface area contributed by atoms with E-state index in [-0.39, 0.29) is 5.41 Å². The van der Waals surface area contributed by atoms with Crippen LogP contribution in [-0.2, 0) is 11.2 Å². The fourth-order valence-electron chi connectivity index (χ4n) is 2.93. The molecule has 0 radical (unpaired) electrons. The Morgan fingerprint density at radius 1 is 1.31 bits per heavy atom. The first kappa shape index (κ1) is 11.8. The summed E-state index contributed by atoms with van der Waals surface area (Å²) in [6.07, 6.45) is 3.86. The third kappa shape index (κ3) is 1.55. The molecule has 1 atom stereocenters. The van der Waals surface area contributed by atoms with Crippen molar-refractivity contribution in [3.8, 4) is 0 Å². The molecule has 1 unspecified atom stereocenters. The van der Waals surface area contributed by atoms with Crippen LogP contribution in [0.2, 0.25) is 0 Å². The molecule has 1 fully saturated rings. The normalized spacial score (nSPS) is 23.2. The fraction of sp³-hybridized carbons (Fsp3) is 0.643. The van der Waals surface area contributed by atoms with Gasteiger partial charge in [-0.25, -0.2) is 0 Å². The Labute approximate surface area is 102 Å². The fourth-order valence-corrected chi connectivity index (χ4v) is 4.10. The van der Waals surface area contributed by atoms with Gasteiger partial charge in [0.1, 0.15) is 5.78 Å². The van der Waals surface area contributed by atoms with E-state index in [0.717, 1.165) is 25.7 Å². The number of ketones is 1. The van der Waals surface area contributed by atoms with E-state index < -0.39 is 0 Å². The summed E-state index contributed by atoms with van der Waals surface area (Å²) in [5, 5.41) is 0. The van der Waals surface area contributed by atoms with Crippen LogP contribution >= 0.6 is 11.3 Å². The molecule has 88 valence electrons. The van der Waals surface area contributed by atoms with Crippen molar-refractivity contribution in [2.45, 2.75) is 52.4 Å². The third-order valence-electron chi connectivity index (χ3n) is 4.25. The second kappa shape index (κ2) is 4.33. The summed E-state index contributed by atoms with van der Waals surface area (Å²) in [5.41, 5.74) is -0.0319. The van der Waals surface area contributed by atoms with Crippen molar-refractivity contribution < 1.29 is 4.79 Å². The smallest absolute Gasteiger partial charge is 0.140 e. The van der Waals surface area contributed by atoms with Crippen molar-refractivity contribution in [3.05, 3.63) is 21.9 Å². The number of thiophene rings is 1. The van der Waals surface area contributed by atoms with Crippen molar-refractivity contribution in [1.29, 1.82) is 0 Å². The van der Waals surface area contributed by atoms with E-state index in [4.69, 9.17) is 0 Å². The van der Waals surface area contributed by atoms with Gasteiger partial charge < -0.3 is 0 Å². The quantitative estimate of drug-likeness (QED) is 0.766. The van der Waals surface area contributed by atoms with Crippen LogP contribution in [0.15, 0.2) is 12.1 Å². The van der Waals surface area contributed by atoms with E-state index in [1.165, 1.54) is 9.75 Å². The molecule has 0 saturated heterocycles. The molecule has 16 heavy (non-hydrogen) atoms. The standard InChI is InChI=1S/C14H20OS/c1-4-10-7-8-12(16-10)11-9-13(15)14(11,5-2)6-3/h7-8,11H,4-6,9H2,1-3H3. The lowest BCUT2D eigenvalue weighted by Crippen LogP contribution is -2.47. The SMILES string of the molecule is CCc1ccc(C2CC(=O)C2(CC)CC)s1. The van der Waals surface area contributed by atoms with Crippen LogP contribution < -0.4 is 0 Å². The molecule has 1 aliphatic carbocycles. The van der Waals surface area contributed by atoms with Gasteiger partial charge in [0.2, 0.25) is 0 Å². The Morgan fingerprint density at radius 2 is 2.00 bits per heavy atom. The number of rotatable bonds is 4. The molecule has 1 aliphatic rings. The third-order valence-corrected chi connectivity index (χ3v) is 5.59. The van der Waals surface area contributed by atoms with Gasteiger partial charge in [-0.2, -0.15) is 0 Å². The predicted molar refractivity (Wildman–Crippen MR) is 69.1 cm³/mol. The summed E-state index contributed by atoms with van der Waals surface area (Å²) in [7, 11) is 0. The topological polar surface area (TPSA) is 17.1 Å². The first-order chi connectivity index (χ1) is 7.67. The van der Waals surface area contributed by atoms with E-state index in [1.54, 1.807) is 0 Å². The molecule has 1 nitrogen and oxygen atoms in total. The van der Waals surface area contributed by atoms with Crippen LogP contribution in [-0.4, -0.2) is 5.78 Å². The summed E-state index contributed by atoms with van der Waals surface area (Å²) >= 11 is 1.90. The minimum atomic E-state index is -0.0319. The Balaban J connectivity index is 2.25. The number of hydrogen-bond acceptors (Lipinski definition) is 2. The summed E-state index contributed by atoms with van der Waals surface area (Å²) in [5.74, 6) is 0.981. The van der Waals surface area contributed by atoms with Crippen molar-refractivity contribution in [3.63, 3.8) is 0 Å². The first-order valence-corrected chi connectivity index (χ1v) is 7.11. The molecular formula is C14H20OS. The average Bonchev–Trinajstić information content (AvgIpc) is 2.75. The number of aryl methyl sites for hydroxylation is 1. The molecule has 0 spiro atoms. The molecule has 0 aromatic carbocycles. The van der Waals surface area contributed by atoms with Gasteiger partial charge in [0.25, 0.3) is 0 Å². The van der Waals surface area contributed by atoms with Crippen LogP contribution in [0.4, 0.5) is 0 Å². The highest BCUT2D eigenvalue weighted by molar-refractivity contribution is 7.12. The lowest BCUT2D eigenvalue weighted by Gasteiger charge is -2.46. The van der Waals surface area contributed by atoms with Crippen molar-refractivity contribution >= 4 is 17.1 Å². The van der Waals surface area contributed by atoms with Crippen LogP contribution in [0.1, 0.15) is 55.7 Å². The molecule has 2 rings (SSSR count). The van der Waals surface area contributed by atoms with E-state index >= 15 is 0 Å². The van der Waals surface area contributed by atoms with Gasteiger partial charge in [-0.1, -0.05) is 20.8 Å². The van der Waals surface area contributed by atoms with Gasteiger partial charge in [-0.3, -0.25) is 4.79 Å². The molecule has 0 aliphatic heterocycles. The summed E-state index contributed by atoms with van der Waals surface area (Å²) in [6.45, 7) is 6.50. The molecule has 1 aromatic rings. The van der Waals surface area contributed by atoms with E-state index in [0.29, 0.717) is 11.7 Å². The number of carbonyl (C=O) groups is 1. The van der Waals surface area contributed by atoms with Crippen LogP contribution in [0.25, 0.3) is 0 Å². The van der Waals surface area contributed by atoms with Crippen LogP contribution in [0.5, 0.6) is 0 Å². The number of hydrogen-bond donors (Lipinski definition) is 0. The molecule has 1 aromatic heterocycles. The molecule has 1 heterocycles. The maximum absolute atomic E-state index is 11.9. The van der Waals surface area contributed by atoms with Crippen LogP contribution in [0.3, 0.4) is 0 Å². The monoisotopic (exact) mass is 236 g/mol. The van der Waals surface area contributed by atoms with Gasteiger partial charge in [0.15, 0.2) is 0 Å². The Bertz CT molecular complexity index is 387. The van der Waals surface area contributed by atoms with Crippen molar-refractivity contribution in [2.75, 3.05) is 0 Å². The van der Waals surface area contributed by atoms with E-state index in [9.17, 15) is 4.79 Å². The minimum absolute atomic E-state index is 0.0319.